The third kappa shape index (κ3) is 3.62. The van der Waals surface area contributed by atoms with E-state index in [0.29, 0.717) is 11.1 Å². The molecule has 0 aliphatic carbocycles. The molecule has 104 valence electrons. The molecule has 0 aromatic heterocycles. The van der Waals surface area contributed by atoms with Crippen LogP contribution in [-0.4, -0.2) is 5.94 Å². The molecule has 0 amide bonds. The van der Waals surface area contributed by atoms with Crippen LogP contribution in [0, 0.1) is 23.2 Å². The Hall–Kier alpha value is -3.32. The van der Waals surface area contributed by atoms with Crippen molar-refractivity contribution in [2.75, 3.05) is 0 Å². The fourth-order valence-electron chi connectivity index (χ4n) is 2.01. The van der Waals surface area contributed by atoms with E-state index in [9.17, 15) is 10.1 Å². The largest absolute Gasteiger partial charge is 0.233 e. The summed E-state index contributed by atoms with van der Waals surface area (Å²) < 4.78 is 0. The first-order chi connectivity index (χ1) is 10.8. The van der Waals surface area contributed by atoms with E-state index in [0.717, 1.165) is 11.1 Å². The standard InChI is InChI=1S/C20H13NO/c1-16(15-22)20(18-10-6-3-7-11-18)19(14-21)13-12-17-8-4-2-5-9-17/h2-11H,1H3/b20-19-. The van der Waals surface area contributed by atoms with Gasteiger partial charge in [-0.05, 0) is 30.5 Å². The van der Waals surface area contributed by atoms with Crippen molar-refractivity contribution in [3.63, 3.8) is 0 Å². The summed E-state index contributed by atoms with van der Waals surface area (Å²) in [6.45, 7) is 1.64. The van der Waals surface area contributed by atoms with Crippen LogP contribution in [-0.2, 0) is 4.79 Å². The molecule has 0 fully saturated rings. The molecule has 0 heterocycles. The average Bonchev–Trinajstić information content (AvgIpc) is 2.59. The average molecular weight is 283 g/mol. The number of allylic oxidation sites excluding steroid dienone is 3. The van der Waals surface area contributed by atoms with Crippen molar-refractivity contribution in [2.24, 2.45) is 0 Å². The van der Waals surface area contributed by atoms with Gasteiger partial charge >= 0.3 is 0 Å². The molecule has 2 aromatic carbocycles. The Morgan fingerprint density at radius 3 is 2.09 bits per heavy atom. The predicted octanol–water partition coefficient (Wildman–Crippen LogP) is 3.79. The zero-order valence-corrected chi connectivity index (χ0v) is 12.1. The zero-order valence-electron chi connectivity index (χ0n) is 12.1. The number of carbonyl (C=O) groups excluding carboxylic acids is 1. The normalized spacial score (nSPS) is 10.4. The molecule has 0 saturated heterocycles. The molecule has 0 saturated carbocycles. The maximum atomic E-state index is 11.1. The van der Waals surface area contributed by atoms with E-state index < -0.39 is 0 Å². The fraction of sp³-hybridized carbons (Fsp3) is 0.0500. The quantitative estimate of drug-likeness (QED) is 0.364. The molecular weight excluding hydrogens is 270 g/mol. The SMILES string of the molecule is CC(=C=O)/C(=C(/C#N)C#Cc1ccccc1)c1ccccc1. The summed E-state index contributed by atoms with van der Waals surface area (Å²) in [7, 11) is 0. The molecule has 0 bridgehead atoms. The van der Waals surface area contributed by atoms with E-state index in [1.54, 1.807) is 6.92 Å². The second kappa shape index (κ2) is 7.46. The van der Waals surface area contributed by atoms with Crippen molar-refractivity contribution in [2.45, 2.75) is 6.92 Å². The van der Waals surface area contributed by atoms with Gasteiger partial charge in [-0.25, -0.2) is 4.79 Å². The number of hydrogen-bond acceptors (Lipinski definition) is 2. The van der Waals surface area contributed by atoms with Gasteiger partial charge in [-0.2, -0.15) is 5.26 Å². The summed E-state index contributed by atoms with van der Waals surface area (Å²) in [4.78, 5) is 11.1. The first-order valence-electron chi connectivity index (χ1n) is 6.75. The Balaban J connectivity index is 2.60. The summed E-state index contributed by atoms with van der Waals surface area (Å²) in [6, 6.07) is 20.8. The molecule has 0 aliphatic rings. The van der Waals surface area contributed by atoms with Gasteiger partial charge in [-0.1, -0.05) is 54.5 Å². The van der Waals surface area contributed by atoms with Gasteiger partial charge < -0.3 is 0 Å². The maximum absolute atomic E-state index is 11.1. The topological polar surface area (TPSA) is 40.9 Å². The zero-order chi connectivity index (χ0) is 15.8. The molecule has 0 aliphatic heterocycles. The van der Waals surface area contributed by atoms with E-state index in [4.69, 9.17) is 0 Å². The van der Waals surface area contributed by atoms with Gasteiger partial charge in [0.05, 0.1) is 0 Å². The van der Waals surface area contributed by atoms with Crippen LogP contribution in [0.25, 0.3) is 5.57 Å². The third-order valence-electron chi connectivity index (χ3n) is 3.06. The van der Waals surface area contributed by atoms with Crippen molar-refractivity contribution < 1.29 is 4.79 Å². The lowest BCUT2D eigenvalue weighted by molar-refractivity contribution is 0.568. The van der Waals surface area contributed by atoms with Crippen LogP contribution in [0.2, 0.25) is 0 Å². The molecule has 0 unspecified atom stereocenters. The smallest absolute Gasteiger partial charge is 0.128 e. The first kappa shape index (κ1) is 15.1. The van der Waals surface area contributed by atoms with Gasteiger partial charge in [-0.15, -0.1) is 0 Å². The number of benzene rings is 2. The summed E-state index contributed by atoms with van der Waals surface area (Å²) in [5.41, 5.74) is 2.75. The highest BCUT2D eigenvalue weighted by molar-refractivity contribution is 5.92. The van der Waals surface area contributed by atoms with Crippen LogP contribution >= 0.6 is 0 Å². The van der Waals surface area contributed by atoms with Gasteiger partial charge in [0.25, 0.3) is 0 Å². The molecule has 0 spiro atoms. The van der Waals surface area contributed by atoms with Crippen LogP contribution in [0.5, 0.6) is 0 Å². The van der Waals surface area contributed by atoms with Gasteiger partial charge in [0.2, 0.25) is 0 Å². The summed E-state index contributed by atoms with van der Waals surface area (Å²) in [5.74, 6) is 7.69. The summed E-state index contributed by atoms with van der Waals surface area (Å²) in [5, 5.41) is 9.43. The Labute approximate surface area is 130 Å². The number of nitrogens with zero attached hydrogens (tertiary/aromatic N) is 1. The van der Waals surface area contributed by atoms with Crippen LogP contribution in [0.15, 0.2) is 71.8 Å². The van der Waals surface area contributed by atoms with E-state index in [1.165, 1.54) is 0 Å². The van der Waals surface area contributed by atoms with E-state index >= 15 is 0 Å². The van der Waals surface area contributed by atoms with Crippen LogP contribution in [0.3, 0.4) is 0 Å². The number of nitriles is 1. The Morgan fingerprint density at radius 1 is 0.955 bits per heavy atom. The predicted molar refractivity (Wildman–Crippen MR) is 87.2 cm³/mol. The highest BCUT2D eigenvalue weighted by Gasteiger charge is 2.10. The molecule has 0 radical (unpaired) electrons. The van der Waals surface area contributed by atoms with Gasteiger partial charge in [0, 0.05) is 16.7 Å². The minimum absolute atomic E-state index is 0.260. The second-order valence-corrected chi connectivity index (χ2v) is 4.57. The molecule has 2 heteroatoms. The molecule has 2 nitrogen and oxygen atoms in total. The van der Waals surface area contributed by atoms with Crippen LogP contribution in [0.4, 0.5) is 0 Å². The third-order valence-corrected chi connectivity index (χ3v) is 3.06. The van der Waals surface area contributed by atoms with Gasteiger partial charge in [-0.3, -0.25) is 0 Å². The number of hydrogen-bond donors (Lipinski definition) is 0. The molecule has 2 aromatic rings. The maximum Gasteiger partial charge on any atom is 0.128 e. The van der Waals surface area contributed by atoms with Crippen molar-refractivity contribution in [3.05, 3.63) is 82.9 Å². The first-order valence-corrected chi connectivity index (χ1v) is 6.75. The summed E-state index contributed by atoms with van der Waals surface area (Å²) in [6.07, 6.45) is 0. The Bertz CT molecular complexity index is 837. The lowest BCUT2D eigenvalue weighted by atomic mass is 9.95. The second-order valence-electron chi connectivity index (χ2n) is 4.57. The van der Waals surface area contributed by atoms with E-state index in [-0.39, 0.29) is 5.57 Å². The molecule has 0 N–H and O–H groups in total. The minimum atomic E-state index is 0.260. The van der Waals surface area contributed by atoms with E-state index in [2.05, 4.69) is 17.9 Å². The van der Waals surface area contributed by atoms with Crippen LogP contribution in [0.1, 0.15) is 18.1 Å². The monoisotopic (exact) mass is 283 g/mol. The van der Waals surface area contributed by atoms with Crippen molar-refractivity contribution in [1.29, 1.82) is 5.26 Å². The van der Waals surface area contributed by atoms with E-state index in [1.807, 2.05) is 66.6 Å². The van der Waals surface area contributed by atoms with Crippen molar-refractivity contribution >= 4 is 11.5 Å². The molecule has 22 heavy (non-hydrogen) atoms. The highest BCUT2D eigenvalue weighted by atomic mass is 16.1. The fourth-order valence-corrected chi connectivity index (χ4v) is 2.01. The molecule has 2 rings (SSSR count). The Morgan fingerprint density at radius 2 is 1.55 bits per heavy atom. The van der Waals surface area contributed by atoms with Crippen molar-refractivity contribution in [1.82, 2.24) is 0 Å². The minimum Gasteiger partial charge on any atom is -0.233 e. The molecular formula is C20H13NO. The molecule has 0 atom stereocenters. The lowest BCUT2D eigenvalue weighted by Gasteiger charge is -2.05. The summed E-state index contributed by atoms with van der Waals surface area (Å²) >= 11 is 0. The van der Waals surface area contributed by atoms with Gasteiger partial charge in [0.1, 0.15) is 17.6 Å². The van der Waals surface area contributed by atoms with Crippen molar-refractivity contribution in [3.8, 4) is 17.9 Å². The van der Waals surface area contributed by atoms with Gasteiger partial charge in [0.15, 0.2) is 0 Å². The Kier molecular flexibility index (Phi) is 5.11. The number of rotatable bonds is 2. The van der Waals surface area contributed by atoms with Crippen LogP contribution < -0.4 is 0 Å². The highest BCUT2D eigenvalue weighted by Crippen LogP contribution is 2.24. The lowest BCUT2D eigenvalue weighted by Crippen LogP contribution is -1.92.